The smallest absolute Gasteiger partial charge is 0.363 e. The van der Waals surface area contributed by atoms with Crippen molar-refractivity contribution in [3.8, 4) is 5.75 Å². The molecule has 1 heterocycles. The lowest BCUT2D eigenvalue weighted by Gasteiger charge is -2.02. The minimum atomic E-state index is -0.697. The monoisotopic (exact) mass is 386 g/mol. The first kappa shape index (κ1) is 18.3. The Morgan fingerprint density at radius 2 is 2.07 bits per heavy atom. The van der Waals surface area contributed by atoms with Crippen LogP contribution in [0, 0.1) is 10.1 Å². The lowest BCUT2D eigenvalue weighted by molar-refractivity contribution is -0.384. The first-order valence-electron chi connectivity index (χ1n) is 7.59. The van der Waals surface area contributed by atoms with Gasteiger partial charge in [-0.25, -0.2) is 9.79 Å². The number of rotatable bonds is 4. The lowest BCUT2D eigenvalue weighted by Crippen LogP contribution is -2.06. The number of ether oxygens (including phenoxy) is 2. The van der Waals surface area contributed by atoms with E-state index in [0.29, 0.717) is 11.3 Å². The fraction of sp³-hybridized carbons (Fsp3) is 0.0556. The van der Waals surface area contributed by atoms with Crippen LogP contribution in [-0.4, -0.2) is 22.8 Å². The van der Waals surface area contributed by atoms with Crippen LogP contribution in [0.2, 0.25) is 5.02 Å². The van der Waals surface area contributed by atoms with E-state index >= 15 is 0 Å². The van der Waals surface area contributed by atoms with Gasteiger partial charge < -0.3 is 9.47 Å². The second-order valence-electron chi connectivity index (χ2n) is 5.42. The summed E-state index contributed by atoms with van der Waals surface area (Å²) in [7, 11) is 0. The van der Waals surface area contributed by atoms with Gasteiger partial charge in [-0.15, -0.1) is 0 Å². The maximum atomic E-state index is 12.1. The van der Waals surface area contributed by atoms with Crippen molar-refractivity contribution in [2.45, 2.75) is 6.92 Å². The Morgan fingerprint density at radius 3 is 2.74 bits per heavy atom. The molecular formula is C18H11ClN2O6. The molecule has 0 fully saturated rings. The molecule has 136 valence electrons. The number of carbonyl (C=O) groups is 2. The first-order valence-corrected chi connectivity index (χ1v) is 7.96. The van der Waals surface area contributed by atoms with Crippen molar-refractivity contribution in [2.24, 2.45) is 4.99 Å². The summed E-state index contributed by atoms with van der Waals surface area (Å²) in [5.41, 5.74) is 0.652. The molecule has 0 aliphatic carbocycles. The molecule has 0 bridgehead atoms. The first-order chi connectivity index (χ1) is 12.8. The van der Waals surface area contributed by atoms with Gasteiger partial charge in [0.25, 0.3) is 5.69 Å². The number of nitro benzene ring substituents is 1. The molecule has 0 spiro atoms. The fourth-order valence-corrected chi connectivity index (χ4v) is 2.56. The third kappa shape index (κ3) is 4.18. The van der Waals surface area contributed by atoms with Gasteiger partial charge in [0, 0.05) is 19.1 Å². The quantitative estimate of drug-likeness (QED) is 0.261. The summed E-state index contributed by atoms with van der Waals surface area (Å²) in [6.45, 7) is 1.28. The topological polar surface area (TPSA) is 108 Å². The average molecular weight is 387 g/mol. The van der Waals surface area contributed by atoms with E-state index in [0.717, 1.165) is 6.07 Å². The van der Waals surface area contributed by atoms with Crippen molar-refractivity contribution in [3.05, 3.63) is 74.4 Å². The van der Waals surface area contributed by atoms with E-state index in [1.807, 2.05) is 0 Å². The highest BCUT2D eigenvalue weighted by molar-refractivity contribution is 6.34. The van der Waals surface area contributed by atoms with E-state index in [4.69, 9.17) is 21.1 Å². The van der Waals surface area contributed by atoms with Crippen molar-refractivity contribution < 1.29 is 24.0 Å². The highest BCUT2D eigenvalue weighted by Crippen LogP contribution is 2.27. The zero-order chi connectivity index (χ0) is 19.6. The number of aliphatic imine (C=N–C) groups is 1. The number of hydrogen-bond donors (Lipinski definition) is 0. The van der Waals surface area contributed by atoms with Gasteiger partial charge in [-0.2, -0.15) is 0 Å². The molecule has 8 nitrogen and oxygen atoms in total. The van der Waals surface area contributed by atoms with Crippen molar-refractivity contribution in [1.82, 2.24) is 0 Å². The van der Waals surface area contributed by atoms with Crippen LogP contribution in [0.25, 0.3) is 6.08 Å². The zero-order valence-corrected chi connectivity index (χ0v) is 14.6. The standard InChI is InChI=1S/C18H11ClN2O6/c1-10(22)26-13-4-2-3-11(7-13)8-16-18(23)27-17(20-16)14-6-5-12(21(24)25)9-15(14)19/h2-9H,1H3. The second-order valence-corrected chi connectivity index (χ2v) is 5.83. The molecule has 1 aliphatic heterocycles. The highest BCUT2D eigenvalue weighted by atomic mass is 35.5. The van der Waals surface area contributed by atoms with Crippen LogP contribution in [0.4, 0.5) is 5.69 Å². The number of benzene rings is 2. The molecule has 0 saturated carbocycles. The Bertz CT molecular complexity index is 1030. The summed E-state index contributed by atoms with van der Waals surface area (Å²) in [5, 5.41) is 10.8. The largest absolute Gasteiger partial charge is 0.427 e. The molecule has 2 aromatic carbocycles. The van der Waals surface area contributed by atoms with Gasteiger partial charge >= 0.3 is 11.9 Å². The predicted molar refractivity (Wildman–Crippen MR) is 96.5 cm³/mol. The number of nitro groups is 1. The second kappa shape index (κ2) is 7.38. The van der Waals surface area contributed by atoms with Crippen molar-refractivity contribution >= 4 is 41.2 Å². The number of cyclic esters (lactones) is 1. The molecule has 0 radical (unpaired) electrons. The lowest BCUT2D eigenvalue weighted by atomic mass is 10.2. The number of halogens is 1. The molecule has 0 N–H and O–H groups in total. The van der Waals surface area contributed by atoms with Crippen molar-refractivity contribution in [2.75, 3.05) is 0 Å². The Labute approximate surface area is 157 Å². The van der Waals surface area contributed by atoms with Gasteiger partial charge in [0.05, 0.1) is 15.5 Å². The number of carbonyl (C=O) groups excluding carboxylic acids is 2. The molecule has 2 aromatic rings. The molecule has 9 heteroatoms. The van der Waals surface area contributed by atoms with Gasteiger partial charge in [0.15, 0.2) is 5.70 Å². The van der Waals surface area contributed by atoms with E-state index in [1.54, 1.807) is 24.3 Å². The summed E-state index contributed by atoms with van der Waals surface area (Å²) in [4.78, 5) is 37.4. The van der Waals surface area contributed by atoms with E-state index in [2.05, 4.69) is 4.99 Å². The van der Waals surface area contributed by atoms with Gasteiger partial charge in [0.2, 0.25) is 5.90 Å². The summed E-state index contributed by atoms with van der Waals surface area (Å²) in [6.07, 6.45) is 1.46. The van der Waals surface area contributed by atoms with Crippen molar-refractivity contribution in [1.29, 1.82) is 0 Å². The molecular weight excluding hydrogens is 376 g/mol. The molecule has 0 saturated heterocycles. The van der Waals surface area contributed by atoms with Gasteiger partial charge in [-0.3, -0.25) is 14.9 Å². The Kier molecular flexibility index (Phi) is 5.00. The fourth-order valence-electron chi connectivity index (χ4n) is 2.31. The van der Waals surface area contributed by atoms with Crippen LogP contribution < -0.4 is 4.74 Å². The predicted octanol–water partition coefficient (Wildman–Crippen LogP) is 3.52. The third-order valence-electron chi connectivity index (χ3n) is 3.44. The van der Waals surface area contributed by atoms with Crippen LogP contribution in [-0.2, 0) is 14.3 Å². The summed E-state index contributed by atoms with van der Waals surface area (Å²) in [5.74, 6) is -0.890. The molecule has 0 unspecified atom stereocenters. The Hall–Kier alpha value is -3.52. The number of hydrogen-bond acceptors (Lipinski definition) is 7. The Balaban J connectivity index is 1.91. The summed E-state index contributed by atoms with van der Waals surface area (Å²) in [6, 6.07) is 10.3. The number of nitrogens with zero attached hydrogens (tertiary/aromatic N) is 2. The molecule has 3 rings (SSSR count). The maximum Gasteiger partial charge on any atom is 0.363 e. The van der Waals surface area contributed by atoms with E-state index in [1.165, 1.54) is 25.1 Å². The van der Waals surface area contributed by atoms with Crippen molar-refractivity contribution in [3.63, 3.8) is 0 Å². The van der Waals surface area contributed by atoms with Gasteiger partial charge in [0.1, 0.15) is 5.75 Å². The Morgan fingerprint density at radius 1 is 1.30 bits per heavy atom. The summed E-state index contributed by atoms with van der Waals surface area (Å²) < 4.78 is 10.1. The highest BCUT2D eigenvalue weighted by Gasteiger charge is 2.26. The van der Waals surface area contributed by atoms with E-state index in [9.17, 15) is 19.7 Å². The molecule has 27 heavy (non-hydrogen) atoms. The van der Waals surface area contributed by atoms with Crippen LogP contribution in [0.5, 0.6) is 5.75 Å². The van der Waals surface area contributed by atoms with Gasteiger partial charge in [-0.1, -0.05) is 23.7 Å². The summed E-state index contributed by atoms with van der Waals surface area (Å²) >= 11 is 6.03. The minimum absolute atomic E-state index is 0.0133. The molecule has 0 amide bonds. The average Bonchev–Trinajstić information content (AvgIpc) is 2.94. The normalized spacial score (nSPS) is 14.7. The van der Waals surface area contributed by atoms with Crippen LogP contribution in [0.1, 0.15) is 18.1 Å². The maximum absolute atomic E-state index is 12.1. The van der Waals surface area contributed by atoms with Crippen LogP contribution >= 0.6 is 11.6 Å². The van der Waals surface area contributed by atoms with Gasteiger partial charge in [-0.05, 0) is 29.8 Å². The third-order valence-corrected chi connectivity index (χ3v) is 3.75. The zero-order valence-electron chi connectivity index (χ0n) is 13.8. The number of non-ortho nitro benzene ring substituents is 1. The SMILES string of the molecule is CC(=O)Oc1cccc(C=C2N=C(c3ccc([N+](=O)[O-])cc3Cl)OC2=O)c1. The molecule has 0 aromatic heterocycles. The molecule has 1 aliphatic rings. The van der Waals surface area contributed by atoms with E-state index in [-0.39, 0.29) is 27.9 Å². The van der Waals surface area contributed by atoms with E-state index < -0.39 is 16.9 Å². The minimum Gasteiger partial charge on any atom is -0.427 e. The molecule has 0 atom stereocenters. The van der Waals surface area contributed by atoms with Crippen LogP contribution in [0.15, 0.2) is 53.2 Å². The van der Waals surface area contributed by atoms with Crippen LogP contribution in [0.3, 0.4) is 0 Å². The number of esters is 2.